The molecule has 1 saturated carbocycles. The van der Waals surface area contributed by atoms with Gasteiger partial charge in [-0.3, -0.25) is 4.79 Å². The fraction of sp³-hybridized carbons (Fsp3) is 0.300. The van der Waals surface area contributed by atoms with Crippen LogP contribution >= 0.6 is 11.6 Å². The first-order valence-corrected chi connectivity index (χ1v) is 13.9. The maximum Gasteiger partial charge on any atom is 0.493 e. The summed E-state index contributed by atoms with van der Waals surface area (Å²) >= 11 is 6.34. The van der Waals surface area contributed by atoms with Gasteiger partial charge in [-0.1, -0.05) is 23.7 Å². The molecule has 0 radical (unpaired) electrons. The van der Waals surface area contributed by atoms with Crippen LogP contribution < -0.4 is 14.8 Å². The minimum atomic E-state index is -5.30. The molecule has 10 nitrogen and oxygen atoms in total. The Bertz CT molecular complexity index is 1690. The number of phenols is 1. The van der Waals surface area contributed by atoms with E-state index >= 15 is 0 Å². The number of benzene rings is 2. The van der Waals surface area contributed by atoms with Crippen LogP contribution in [-0.2, 0) is 9.63 Å². The highest BCUT2D eigenvalue weighted by atomic mass is 35.5. The molecule has 14 heteroatoms. The van der Waals surface area contributed by atoms with Crippen LogP contribution in [0.15, 0.2) is 60.9 Å². The highest BCUT2D eigenvalue weighted by molar-refractivity contribution is 6.32. The van der Waals surface area contributed by atoms with E-state index in [-0.39, 0.29) is 24.4 Å². The molecule has 1 aliphatic carbocycles. The predicted octanol–water partition coefficient (Wildman–Crippen LogP) is 6.26. The number of amides is 1. The normalized spacial score (nSPS) is 16.8. The number of aromatic hydroxyl groups is 1. The van der Waals surface area contributed by atoms with Gasteiger partial charge >= 0.3 is 12.1 Å². The second-order valence-corrected chi connectivity index (χ2v) is 10.6. The number of nitrogens with zero attached hydrogens (tertiary/aromatic N) is 3. The van der Waals surface area contributed by atoms with E-state index in [1.807, 2.05) is 28.9 Å². The fourth-order valence-corrected chi connectivity index (χ4v) is 5.39. The summed E-state index contributed by atoms with van der Waals surface area (Å²) in [5, 5.41) is 14.4. The number of phenolic OH excluding ortho intramolecular Hbond substituents is 1. The van der Waals surface area contributed by atoms with E-state index < -0.39 is 29.8 Å². The number of hydrogen-bond acceptors (Lipinski definition) is 8. The number of nitrogens with one attached hydrogen (secondary N) is 1. The number of fused-ring (bicyclic) bond motifs is 1. The van der Waals surface area contributed by atoms with Crippen LogP contribution in [0.2, 0.25) is 5.02 Å². The van der Waals surface area contributed by atoms with Crippen LogP contribution in [0.4, 0.5) is 18.9 Å². The molecule has 5 rings (SSSR count). The number of hydroxylamine groups is 2. The van der Waals surface area contributed by atoms with E-state index in [9.17, 15) is 27.9 Å². The molecule has 0 bridgehead atoms. The molecule has 0 saturated heterocycles. The third kappa shape index (κ3) is 6.47. The first-order valence-electron chi connectivity index (χ1n) is 13.6. The van der Waals surface area contributed by atoms with E-state index in [0.29, 0.717) is 51.3 Å². The number of hydrogen-bond donors (Lipinski definition) is 2. The second-order valence-electron chi connectivity index (χ2n) is 10.2. The highest BCUT2D eigenvalue weighted by Gasteiger charge is 2.45. The number of rotatable bonds is 7. The van der Waals surface area contributed by atoms with Gasteiger partial charge in [0.1, 0.15) is 22.9 Å². The van der Waals surface area contributed by atoms with Crippen LogP contribution in [-0.4, -0.2) is 63.9 Å². The summed E-state index contributed by atoms with van der Waals surface area (Å²) in [6, 6.07) is 11.6. The van der Waals surface area contributed by atoms with E-state index in [4.69, 9.17) is 26.1 Å². The zero-order chi connectivity index (χ0) is 31.6. The molecule has 0 unspecified atom stereocenters. The smallest absolute Gasteiger partial charge is 0.493 e. The molecule has 2 aromatic heterocycles. The van der Waals surface area contributed by atoms with Crippen molar-refractivity contribution in [1.82, 2.24) is 14.4 Å². The summed E-state index contributed by atoms with van der Waals surface area (Å²) in [6.45, 7) is 0. The number of alkyl halides is 3. The number of carbonyl (C=O) groups excluding carboxylic acids is 2. The second kappa shape index (κ2) is 12.5. The molecule has 2 aromatic carbocycles. The number of ether oxygens (including phenoxy) is 2. The third-order valence-corrected chi connectivity index (χ3v) is 7.65. The Kier molecular flexibility index (Phi) is 8.77. The first-order chi connectivity index (χ1) is 21.0. The molecule has 2 N–H and O–H groups in total. The lowest BCUT2D eigenvalue weighted by Crippen LogP contribution is -2.47. The van der Waals surface area contributed by atoms with Crippen molar-refractivity contribution in [1.29, 1.82) is 0 Å². The van der Waals surface area contributed by atoms with E-state index in [1.165, 1.54) is 31.4 Å². The van der Waals surface area contributed by atoms with Crippen LogP contribution in [0.5, 0.6) is 17.2 Å². The average Bonchev–Trinajstić information content (AvgIpc) is 3.43. The molecule has 4 aromatic rings. The van der Waals surface area contributed by atoms with Gasteiger partial charge < -0.3 is 29.1 Å². The van der Waals surface area contributed by atoms with Gasteiger partial charge in [0.05, 0.1) is 36.5 Å². The van der Waals surface area contributed by atoms with Gasteiger partial charge in [0, 0.05) is 41.8 Å². The number of pyridine rings is 1. The number of anilines is 1. The molecular weight excluding hydrogens is 605 g/mol. The van der Waals surface area contributed by atoms with Crippen molar-refractivity contribution in [3.05, 3.63) is 71.5 Å². The van der Waals surface area contributed by atoms with Crippen molar-refractivity contribution in [3.8, 4) is 28.5 Å². The number of halogens is 4. The van der Waals surface area contributed by atoms with Crippen LogP contribution in [0.3, 0.4) is 0 Å². The van der Waals surface area contributed by atoms with Gasteiger partial charge in [-0.15, -0.1) is 0 Å². The monoisotopic (exact) mass is 632 g/mol. The van der Waals surface area contributed by atoms with Gasteiger partial charge in [0.25, 0.3) is 5.91 Å². The zero-order valence-corrected chi connectivity index (χ0v) is 24.4. The van der Waals surface area contributed by atoms with Crippen molar-refractivity contribution in [2.24, 2.45) is 0 Å². The summed E-state index contributed by atoms with van der Waals surface area (Å²) in [5.41, 5.74) is 2.45. The van der Waals surface area contributed by atoms with Crippen molar-refractivity contribution in [2.45, 2.75) is 43.9 Å². The molecule has 1 amide bonds. The van der Waals surface area contributed by atoms with Crippen molar-refractivity contribution in [2.75, 3.05) is 19.5 Å². The number of imidazole rings is 1. The molecular formula is C30H28ClF3N4O6. The van der Waals surface area contributed by atoms with Gasteiger partial charge in [0.2, 0.25) is 0 Å². The van der Waals surface area contributed by atoms with E-state index in [1.54, 1.807) is 19.2 Å². The summed E-state index contributed by atoms with van der Waals surface area (Å²) in [6.07, 6.45) is -0.210. The summed E-state index contributed by atoms with van der Waals surface area (Å²) in [4.78, 5) is 34.1. The molecule has 44 heavy (non-hydrogen) atoms. The SMILES string of the molecule is COc1cc(OC)c(-c2cn3ccc(NC4CCC(N(OC(=O)C(F)(F)F)C(=O)c5ccccc5O)CC4)cc3n2)cc1Cl. The fourth-order valence-electron chi connectivity index (χ4n) is 5.15. The Balaban J connectivity index is 1.29. The Morgan fingerprint density at radius 2 is 1.75 bits per heavy atom. The summed E-state index contributed by atoms with van der Waals surface area (Å²) in [5.74, 6) is -2.97. The van der Waals surface area contributed by atoms with E-state index in [2.05, 4.69) is 10.2 Å². The Hall–Kier alpha value is -4.65. The average molecular weight is 633 g/mol. The van der Waals surface area contributed by atoms with Gasteiger partial charge in [0.15, 0.2) is 0 Å². The number of methoxy groups -OCH3 is 2. The molecule has 1 aliphatic rings. The molecule has 2 heterocycles. The lowest BCUT2D eigenvalue weighted by atomic mass is 9.90. The summed E-state index contributed by atoms with van der Waals surface area (Å²) in [7, 11) is 3.06. The van der Waals surface area contributed by atoms with E-state index in [0.717, 1.165) is 5.69 Å². The van der Waals surface area contributed by atoms with Crippen molar-refractivity contribution < 1.29 is 42.2 Å². The molecule has 0 aliphatic heterocycles. The van der Waals surface area contributed by atoms with Gasteiger partial charge in [-0.05, 0) is 49.9 Å². The van der Waals surface area contributed by atoms with Gasteiger partial charge in [-0.2, -0.15) is 18.2 Å². The Morgan fingerprint density at radius 3 is 2.41 bits per heavy atom. The predicted molar refractivity (Wildman–Crippen MR) is 155 cm³/mol. The third-order valence-electron chi connectivity index (χ3n) is 7.36. The zero-order valence-electron chi connectivity index (χ0n) is 23.6. The quantitative estimate of drug-likeness (QED) is 0.229. The maximum absolute atomic E-state index is 13.1. The first kappa shape index (κ1) is 30.8. The van der Waals surface area contributed by atoms with Crippen LogP contribution in [0.1, 0.15) is 36.0 Å². The molecule has 0 spiro atoms. The topological polar surface area (TPSA) is 115 Å². The largest absolute Gasteiger partial charge is 0.507 e. The standard InChI is InChI=1S/C30H28ClF3N4O6/c1-42-25-15-26(43-2)22(31)14-21(25)23-16-37-12-11-18(13-27(37)36-23)35-17-7-9-19(10-8-17)38(44-29(41)30(32,33)34)28(40)20-5-3-4-6-24(20)39/h3-6,11-17,19,35,39H,7-10H2,1-2H3. The Morgan fingerprint density at radius 1 is 1.05 bits per heavy atom. The van der Waals surface area contributed by atoms with Gasteiger partial charge in [-0.25, -0.2) is 9.78 Å². The molecule has 1 fully saturated rings. The highest BCUT2D eigenvalue weighted by Crippen LogP contribution is 2.38. The molecule has 232 valence electrons. The lowest BCUT2D eigenvalue weighted by Gasteiger charge is -2.35. The van der Waals surface area contributed by atoms with Crippen molar-refractivity contribution >= 4 is 34.8 Å². The minimum absolute atomic E-state index is 0.0796. The Labute approximate surface area is 254 Å². The number of aromatic nitrogens is 2. The summed E-state index contributed by atoms with van der Waals surface area (Å²) < 4.78 is 51.7. The van der Waals surface area contributed by atoms with Crippen LogP contribution in [0, 0.1) is 0 Å². The van der Waals surface area contributed by atoms with Crippen LogP contribution in [0.25, 0.3) is 16.9 Å². The number of carbonyl (C=O) groups is 2. The maximum atomic E-state index is 13.1. The molecule has 0 atom stereocenters. The lowest BCUT2D eigenvalue weighted by molar-refractivity contribution is -0.235. The number of para-hydroxylation sites is 1. The minimum Gasteiger partial charge on any atom is -0.507 e. The van der Waals surface area contributed by atoms with Crippen molar-refractivity contribution in [3.63, 3.8) is 0 Å².